The number of carbonyl (C=O) groups is 1. The molecule has 15 heavy (non-hydrogen) atoms. The van der Waals surface area contributed by atoms with E-state index in [2.05, 4.69) is 6.07 Å². The third-order valence-electron chi connectivity index (χ3n) is 2.74. The summed E-state index contributed by atoms with van der Waals surface area (Å²) in [6, 6.07) is 8.01. The molecule has 0 aliphatic heterocycles. The van der Waals surface area contributed by atoms with E-state index in [-0.39, 0.29) is 0 Å². The summed E-state index contributed by atoms with van der Waals surface area (Å²) in [4.78, 5) is 12.2. The van der Waals surface area contributed by atoms with Gasteiger partial charge in [-0.2, -0.15) is 0 Å². The second kappa shape index (κ2) is 2.94. The van der Waals surface area contributed by atoms with Crippen LogP contribution >= 0.6 is 11.3 Å². The summed E-state index contributed by atoms with van der Waals surface area (Å²) in [6.07, 6.45) is 0.878. The lowest BCUT2D eigenvalue weighted by Crippen LogP contribution is -1.95. The highest BCUT2D eigenvalue weighted by Crippen LogP contribution is 2.42. The average Bonchev–Trinajstić information content (AvgIpc) is 2.74. The molecule has 1 heterocycles. The maximum atomic E-state index is 11.0. The van der Waals surface area contributed by atoms with E-state index in [0.29, 0.717) is 5.56 Å². The highest BCUT2D eigenvalue weighted by Gasteiger charge is 2.25. The van der Waals surface area contributed by atoms with E-state index < -0.39 is 5.97 Å². The summed E-state index contributed by atoms with van der Waals surface area (Å²) in [5, 5.41) is 10.8. The van der Waals surface area contributed by atoms with Crippen LogP contribution in [-0.2, 0) is 6.42 Å². The maximum Gasteiger partial charge on any atom is 0.337 e. The molecule has 3 rings (SSSR count). The Hall–Kier alpha value is -1.61. The number of hydrogen-bond donors (Lipinski definition) is 1. The zero-order chi connectivity index (χ0) is 10.4. The molecule has 1 aliphatic rings. The lowest BCUT2D eigenvalue weighted by molar-refractivity contribution is 0.0698. The van der Waals surface area contributed by atoms with Gasteiger partial charge < -0.3 is 5.11 Å². The lowest BCUT2D eigenvalue weighted by Gasteiger charge is -1.99. The molecular formula is C12H8O2S. The SMILES string of the molecule is O=C(O)c1csc2c1-c1ccccc1C2. The van der Waals surface area contributed by atoms with E-state index >= 15 is 0 Å². The second-order valence-corrected chi connectivity index (χ2v) is 4.55. The van der Waals surface area contributed by atoms with E-state index in [1.807, 2.05) is 18.2 Å². The van der Waals surface area contributed by atoms with E-state index in [1.165, 1.54) is 10.4 Å². The molecule has 1 aromatic heterocycles. The Morgan fingerprint density at radius 1 is 1.33 bits per heavy atom. The molecular weight excluding hydrogens is 208 g/mol. The molecule has 0 bridgehead atoms. The molecule has 74 valence electrons. The zero-order valence-electron chi connectivity index (χ0n) is 7.86. The normalized spacial score (nSPS) is 12.3. The van der Waals surface area contributed by atoms with E-state index in [0.717, 1.165) is 17.5 Å². The Kier molecular flexibility index (Phi) is 1.70. The van der Waals surface area contributed by atoms with Gasteiger partial charge in [0.05, 0.1) is 5.56 Å². The molecule has 0 atom stereocenters. The van der Waals surface area contributed by atoms with Gasteiger partial charge in [0.15, 0.2) is 0 Å². The van der Waals surface area contributed by atoms with Crippen LogP contribution in [0.5, 0.6) is 0 Å². The highest BCUT2D eigenvalue weighted by atomic mass is 32.1. The Labute approximate surface area is 90.8 Å². The van der Waals surface area contributed by atoms with Gasteiger partial charge in [0.1, 0.15) is 0 Å². The van der Waals surface area contributed by atoms with Gasteiger partial charge in [-0.25, -0.2) is 4.79 Å². The maximum absolute atomic E-state index is 11.0. The monoisotopic (exact) mass is 216 g/mol. The second-order valence-electron chi connectivity index (χ2n) is 3.59. The minimum atomic E-state index is -0.829. The molecule has 0 saturated heterocycles. The summed E-state index contributed by atoms with van der Waals surface area (Å²) in [6.45, 7) is 0. The van der Waals surface area contributed by atoms with Gasteiger partial charge in [0.25, 0.3) is 0 Å². The van der Waals surface area contributed by atoms with Crippen molar-refractivity contribution in [2.24, 2.45) is 0 Å². The number of rotatable bonds is 1. The minimum Gasteiger partial charge on any atom is -0.478 e. The van der Waals surface area contributed by atoms with E-state index in [9.17, 15) is 4.79 Å². The Morgan fingerprint density at radius 2 is 2.13 bits per heavy atom. The van der Waals surface area contributed by atoms with Crippen molar-refractivity contribution in [2.75, 3.05) is 0 Å². The molecule has 0 amide bonds. The molecule has 1 aliphatic carbocycles. The number of carboxylic acids is 1. The van der Waals surface area contributed by atoms with E-state index in [1.54, 1.807) is 16.7 Å². The third-order valence-corrected chi connectivity index (χ3v) is 3.72. The molecule has 2 aromatic rings. The van der Waals surface area contributed by atoms with Crippen LogP contribution in [0.3, 0.4) is 0 Å². The summed E-state index contributed by atoms with van der Waals surface area (Å²) >= 11 is 1.54. The van der Waals surface area contributed by atoms with E-state index in [4.69, 9.17) is 5.11 Å². The number of thiophene rings is 1. The quantitative estimate of drug-likeness (QED) is 0.679. The van der Waals surface area contributed by atoms with Crippen LogP contribution in [0.4, 0.5) is 0 Å². The molecule has 0 saturated carbocycles. The van der Waals surface area contributed by atoms with Crippen molar-refractivity contribution in [3.05, 3.63) is 45.6 Å². The topological polar surface area (TPSA) is 37.3 Å². The summed E-state index contributed by atoms with van der Waals surface area (Å²) in [7, 11) is 0. The van der Waals surface area contributed by atoms with Crippen molar-refractivity contribution in [1.29, 1.82) is 0 Å². The first kappa shape index (κ1) is 8.68. The van der Waals surface area contributed by atoms with Gasteiger partial charge in [-0.3, -0.25) is 0 Å². The minimum absolute atomic E-state index is 0.444. The van der Waals surface area contributed by atoms with Crippen LogP contribution in [0.15, 0.2) is 29.6 Å². The molecule has 0 unspecified atom stereocenters. The molecule has 0 radical (unpaired) electrons. The van der Waals surface area contributed by atoms with Crippen molar-refractivity contribution < 1.29 is 9.90 Å². The molecule has 3 heteroatoms. The van der Waals surface area contributed by atoms with Crippen molar-refractivity contribution in [1.82, 2.24) is 0 Å². The van der Waals surface area contributed by atoms with Crippen molar-refractivity contribution >= 4 is 17.3 Å². The third kappa shape index (κ3) is 1.13. The standard InChI is InChI=1S/C12H8O2S/c13-12(14)9-6-15-10-5-7-3-1-2-4-8(7)11(9)10/h1-4,6H,5H2,(H,13,14). The first-order valence-electron chi connectivity index (χ1n) is 4.69. The van der Waals surface area contributed by atoms with Gasteiger partial charge in [0, 0.05) is 22.2 Å². The Balaban J connectivity index is 2.29. The van der Waals surface area contributed by atoms with Crippen LogP contribution < -0.4 is 0 Å². The number of hydrogen-bond acceptors (Lipinski definition) is 2. The van der Waals surface area contributed by atoms with Crippen molar-refractivity contribution in [3.8, 4) is 11.1 Å². The zero-order valence-corrected chi connectivity index (χ0v) is 8.67. The fourth-order valence-corrected chi connectivity index (χ4v) is 3.13. The molecule has 2 nitrogen and oxygen atoms in total. The number of carboxylic acid groups (broad SMARTS) is 1. The van der Waals surface area contributed by atoms with Gasteiger partial charge in [-0.05, 0) is 11.1 Å². The lowest BCUT2D eigenvalue weighted by atomic mass is 10.0. The summed E-state index contributed by atoms with van der Waals surface area (Å²) < 4.78 is 0. The van der Waals surface area contributed by atoms with Crippen LogP contribution in [0.2, 0.25) is 0 Å². The van der Waals surface area contributed by atoms with Crippen LogP contribution in [0.25, 0.3) is 11.1 Å². The molecule has 1 N–H and O–H groups in total. The number of aromatic carboxylic acids is 1. The number of fused-ring (bicyclic) bond motifs is 3. The Morgan fingerprint density at radius 3 is 2.93 bits per heavy atom. The van der Waals surface area contributed by atoms with Gasteiger partial charge in [-0.15, -0.1) is 11.3 Å². The van der Waals surface area contributed by atoms with Crippen molar-refractivity contribution in [2.45, 2.75) is 6.42 Å². The van der Waals surface area contributed by atoms with Gasteiger partial charge in [0.2, 0.25) is 0 Å². The van der Waals surface area contributed by atoms with Crippen molar-refractivity contribution in [3.63, 3.8) is 0 Å². The predicted octanol–water partition coefficient (Wildman–Crippen LogP) is 3.02. The fourth-order valence-electron chi connectivity index (χ4n) is 2.07. The number of benzene rings is 1. The smallest absolute Gasteiger partial charge is 0.337 e. The Bertz CT molecular complexity index is 554. The van der Waals surface area contributed by atoms with Gasteiger partial charge >= 0.3 is 5.97 Å². The summed E-state index contributed by atoms with van der Waals surface area (Å²) in [5.41, 5.74) is 3.70. The van der Waals surface area contributed by atoms with Crippen LogP contribution in [-0.4, -0.2) is 11.1 Å². The highest BCUT2D eigenvalue weighted by molar-refractivity contribution is 7.11. The largest absolute Gasteiger partial charge is 0.478 e. The first-order chi connectivity index (χ1) is 7.27. The average molecular weight is 216 g/mol. The predicted molar refractivity (Wildman–Crippen MR) is 59.5 cm³/mol. The van der Waals surface area contributed by atoms with Crippen LogP contribution in [0, 0.1) is 0 Å². The first-order valence-corrected chi connectivity index (χ1v) is 5.57. The molecule has 0 fully saturated rings. The summed E-state index contributed by atoms with van der Waals surface area (Å²) in [5.74, 6) is -0.829. The fraction of sp³-hybridized carbons (Fsp3) is 0.0833. The van der Waals surface area contributed by atoms with Crippen LogP contribution in [0.1, 0.15) is 20.8 Å². The molecule has 1 aromatic carbocycles. The molecule has 0 spiro atoms. The van der Waals surface area contributed by atoms with Gasteiger partial charge in [-0.1, -0.05) is 24.3 Å².